The Kier molecular flexibility index (Phi) is 2.88. The smallest absolute Gasteiger partial charge is 0.236 e. The molecule has 0 aliphatic carbocycles. The number of thiophene rings is 1. The van der Waals surface area contributed by atoms with Gasteiger partial charge in [-0.1, -0.05) is 11.6 Å². The highest BCUT2D eigenvalue weighted by Gasteiger charge is 2.09. The molecule has 0 saturated heterocycles. The summed E-state index contributed by atoms with van der Waals surface area (Å²) in [6.07, 6.45) is 1.86. The lowest BCUT2D eigenvalue weighted by molar-refractivity contribution is -0.116. The third kappa shape index (κ3) is 2.46. The number of hydrogen-bond donors (Lipinski definition) is 0. The largest absolute Gasteiger partial charge is 0.440 e. The molecule has 0 spiro atoms. The van der Waals surface area contributed by atoms with Crippen molar-refractivity contribution in [2.45, 2.75) is 13.3 Å². The Bertz CT molecular complexity index is 489. The number of oxazole rings is 1. The topological polar surface area (TPSA) is 43.1 Å². The van der Waals surface area contributed by atoms with Gasteiger partial charge in [-0.15, -0.1) is 11.3 Å². The van der Waals surface area contributed by atoms with Crippen LogP contribution in [0.1, 0.15) is 12.7 Å². The van der Waals surface area contributed by atoms with Gasteiger partial charge in [-0.25, -0.2) is 4.98 Å². The maximum atomic E-state index is 10.9. The molecule has 3 nitrogen and oxygen atoms in total. The summed E-state index contributed by atoms with van der Waals surface area (Å²) >= 11 is 7.19. The van der Waals surface area contributed by atoms with E-state index in [4.69, 9.17) is 16.0 Å². The highest BCUT2D eigenvalue weighted by Crippen LogP contribution is 2.30. The first-order valence-corrected chi connectivity index (χ1v) is 5.54. The van der Waals surface area contributed by atoms with Crippen LogP contribution < -0.4 is 0 Å². The van der Waals surface area contributed by atoms with E-state index in [0.717, 1.165) is 4.88 Å². The molecule has 0 aliphatic heterocycles. The molecule has 0 amide bonds. The molecule has 2 aromatic rings. The molecule has 2 rings (SSSR count). The van der Waals surface area contributed by atoms with Crippen molar-refractivity contribution in [1.82, 2.24) is 4.98 Å². The molecular formula is C10H8ClNO2S. The maximum Gasteiger partial charge on any atom is 0.236 e. The zero-order chi connectivity index (χ0) is 10.8. The molecular weight excluding hydrogens is 234 g/mol. The molecule has 0 saturated carbocycles. The van der Waals surface area contributed by atoms with E-state index in [1.807, 2.05) is 6.07 Å². The first kappa shape index (κ1) is 10.4. The van der Waals surface area contributed by atoms with Gasteiger partial charge in [-0.05, 0) is 19.1 Å². The number of Topliss-reactive ketones (excluding diaryl/α,β-unsaturated/α-hetero) is 1. The Morgan fingerprint density at radius 3 is 3.00 bits per heavy atom. The van der Waals surface area contributed by atoms with Crippen molar-refractivity contribution in [2.24, 2.45) is 0 Å². The Labute approximate surface area is 95.7 Å². The van der Waals surface area contributed by atoms with Crippen LogP contribution in [0.25, 0.3) is 10.8 Å². The number of carbonyl (C=O) groups excluding carboxylic acids is 1. The number of rotatable bonds is 3. The van der Waals surface area contributed by atoms with Gasteiger partial charge in [-0.3, -0.25) is 4.79 Å². The Balaban J connectivity index is 2.23. The fraction of sp³-hybridized carbons (Fsp3) is 0.200. The second-order valence-electron chi connectivity index (χ2n) is 3.11. The first-order valence-electron chi connectivity index (χ1n) is 4.35. The summed E-state index contributed by atoms with van der Waals surface area (Å²) in [5.74, 6) is 1.16. The van der Waals surface area contributed by atoms with E-state index < -0.39 is 0 Å². The van der Waals surface area contributed by atoms with Gasteiger partial charge >= 0.3 is 0 Å². The molecule has 15 heavy (non-hydrogen) atoms. The third-order valence-corrected chi connectivity index (χ3v) is 2.98. The number of halogens is 1. The van der Waals surface area contributed by atoms with Gasteiger partial charge in [0, 0.05) is 0 Å². The minimum atomic E-state index is 0.0573. The van der Waals surface area contributed by atoms with Crippen molar-refractivity contribution in [3.8, 4) is 10.8 Å². The Hall–Kier alpha value is -1.13. The number of ketones is 1. The average molecular weight is 242 g/mol. The standard InChI is InChI=1S/C10H8ClNO2S/c1-6(13)4-7-5-12-10(14-7)8-2-3-9(11)15-8/h2-3,5H,4H2,1H3. The van der Waals surface area contributed by atoms with E-state index in [9.17, 15) is 4.79 Å². The zero-order valence-corrected chi connectivity index (χ0v) is 9.56. The summed E-state index contributed by atoms with van der Waals surface area (Å²) in [6, 6.07) is 3.63. The van der Waals surface area contributed by atoms with Crippen LogP contribution in [0.5, 0.6) is 0 Å². The quantitative estimate of drug-likeness (QED) is 0.829. The monoisotopic (exact) mass is 241 g/mol. The van der Waals surface area contributed by atoms with Crippen LogP contribution in [-0.4, -0.2) is 10.8 Å². The summed E-state index contributed by atoms with van der Waals surface area (Å²) in [6.45, 7) is 1.52. The van der Waals surface area contributed by atoms with Gasteiger partial charge < -0.3 is 4.42 Å². The molecule has 0 atom stereocenters. The van der Waals surface area contributed by atoms with Crippen molar-refractivity contribution >= 4 is 28.7 Å². The van der Waals surface area contributed by atoms with Crippen molar-refractivity contribution < 1.29 is 9.21 Å². The fourth-order valence-corrected chi connectivity index (χ4v) is 2.15. The molecule has 0 N–H and O–H groups in total. The van der Waals surface area contributed by atoms with E-state index >= 15 is 0 Å². The third-order valence-electron chi connectivity index (χ3n) is 1.76. The van der Waals surface area contributed by atoms with Crippen LogP contribution in [0.2, 0.25) is 4.34 Å². The molecule has 0 fully saturated rings. The lowest BCUT2D eigenvalue weighted by atomic mass is 10.3. The summed E-state index contributed by atoms with van der Waals surface area (Å²) in [5.41, 5.74) is 0. The van der Waals surface area contributed by atoms with Crippen LogP contribution in [0.15, 0.2) is 22.7 Å². The summed E-state index contributed by atoms with van der Waals surface area (Å²) in [4.78, 5) is 15.8. The van der Waals surface area contributed by atoms with Crippen molar-refractivity contribution in [1.29, 1.82) is 0 Å². The predicted octanol–water partition coefficient (Wildman–Crippen LogP) is 3.19. The SMILES string of the molecule is CC(=O)Cc1cnc(-c2ccc(Cl)s2)o1. The minimum Gasteiger partial charge on any atom is -0.440 e. The molecule has 0 unspecified atom stereocenters. The highest BCUT2D eigenvalue weighted by atomic mass is 35.5. The van der Waals surface area contributed by atoms with Crippen LogP contribution in [0.4, 0.5) is 0 Å². The molecule has 2 aromatic heterocycles. The normalized spacial score (nSPS) is 10.5. The van der Waals surface area contributed by atoms with Crippen molar-refractivity contribution in [3.05, 3.63) is 28.4 Å². The zero-order valence-electron chi connectivity index (χ0n) is 7.99. The maximum absolute atomic E-state index is 10.9. The highest BCUT2D eigenvalue weighted by molar-refractivity contribution is 7.19. The van der Waals surface area contributed by atoms with E-state index in [-0.39, 0.29) is 12.2 Å². The second kappa shape index (κ2) is 4.16. The lowest BCUT2D eigenvalue weighted by Gasteiger charge is -1.89. The van der Waals surface area contributed by atoms with Gasteiger partial charge in [0.25, 0.3) is 0 Å². The molecule has 0 radical (unpaired) electrons. The minimum absolute atomic E-state index is 0.0573. The number of hydrogen-bond acceptors (Lipinski definition) is 4. The molecule has 0 aromatic carbocycles. The van der Waals surface area contributed by atoms with Crippen molar-refractivity contribution in [3.63, 3.8) is 0 Å². The van der Waals surface area contributed by atoms with Gasteiger partial charge in [-0.2, -0.15) is 0 Å². The second-order valence-corrected chi connectivity index (χ2v) is 4.83. The molecule has 0 bridgehead atoms. The first-order chi connectivity index (χ1) is 7.15. The summed E-state index contributed by atoms with van der Waals surface area (Å²) in [5, 5.41) is 0. The van der Waals surface area contributed by atoms with E-state index in [0.29, 0.717) is 16.0 Å². The lowest BCUT2D eigenvalue weighted by Crippen LogP contribution is -1.93. The van der Waals surface area contributed by atoms with Crippen LogP contribution in [0, 0.1) is 0 Å². The Morgan fingerprint density at radius 1 is 1.60 bits per heavy atom. The average Bonchev–Trinajstić information content (AvgIpc) is 2.72. The number of nitrogens with zero attached hydrogens (tertiary/aromatic N) is 1. The predicted molar refractivity (Wildman–Crippen MR) is 59.2 cm³/mol. The Morgan fingerprint density at radius 2 is 2.40 bits per heavy atom. The van der Waals surface area contributed by atoms with Gasteiger partial charge in [0.1, 0.15) is 11.5 Å². The number of carbonyl (C=O) groups is 1. The van der Waals surface area contributed by atoms with Gasteiger partial charge in [0.2, 0.25) is 5.89 Å². The van der Waals surface area contributed by atoms with Crippen LogP contribution in [-0.2, 0) is 11.2 Å². The van der Waals surface area contributed by atoms with Gasteiger partial charge in [0.05, 0.1) is 21.8 Å². The van der Waals surface area contributed by atoms with Crippen molar-refractivity contribution in [2.75, 3.05) is 0 Å². The van der Waals surface area contributed by atoms with Crippen LogP contribution >= 0.6 is 22.9 Å². The van der Waals surface area contributed by atoms with E-state index in [1.165, 1.54) is 18.3 Å². The number of aromatic nitrogens is 1. The summed E-state index contributed by atoms with van der Waals surface area (Å²) < 4.78 is 6.10. The van der Waals surface area contributed by atoms with Crippen LogP contribution in [0.3, 0.4) is 0 Å². The molecule has 78 valence electrons. The molecule has 0 aliphatic rings. The summed E-state index contributed by atoms with van der Waals surface area (Å²) in [7, 11) is 0. The fourth-order valence-electron chi connectivity index (χ4n) is 1.18. The molecule has 2 heterocycles. The van der Waals surface area contributed by atoms with Gasteiger partial charge in [0.15, 0.2) is 0 Å². The molecule has 5 heteroatoms. The van der Waals surface area contributed by atoms with E-state index in [2.05, 4.69) is 4.98 Å². The van der Waals surface area contributed by atoms with E-state index in [1.54, 1.807) is 12.3 Å².